The molecule has 0 aromatic heterocycles. The van der Waals surface area contributed by atoms with Crippen molar-refractivity contribution < 1.29 is 40.3 Å². The molecule has 2 aliphatic rings. The maximum Gasteiger partial charge on any atom is 0.416 e. The molecule has 6 nitrogen and oxygen atoms in total. The van der Waals surface area contributed by atoms with E-state index in [0.717, 1.165) is 6.07 Å². The lowest BCUT2D eigenvalue weighted by molar-refractivity contribution is -0.137. The smallest absolute Gasteiger partial charge is 0.379 e. The zero-order valence-corrected chi connectivity index (χ0v) is 22.1. The second-order valence-electron chi connectivity index (χ2n) is 10.2. The number of carbonyl (C=O) groups is 1. The van der Waals surface area contributed by atoms with Crippen molar-refractivity contribution >= 4 is 12.2 Å². The number of halogens is 7. The van der Waals surface area contributed by atoms with Crippen LogP contribution in [-0.4, -0.2) is 61.7 Å². The Labute approximate surface area is 232 Å². The van der Waals surface area contributed by atoms with E-state index in [1.807, 2.05) is 6.92 Å². The summed E-state index contributed by atoms with van der Waals surface area (Å²) in [6, 6.07) is 8.80. The van der Waals surface area contributed by atoms with Gasteiger partial charge in [0.25, 0.3) is 0 Å². The second-order valence-corrected chi connectivity index (χ2v) is 10.2. The third-order valence-electron chi connectivity index (χ3n) is 7.17. The van der Waals surface area contributed by atoms with Crippen molar-refractivity contribution in [1.29, 1.82) is 0 Å². The molecule has 0 saturated carbocycles. The average molecular weight is 587 g/mol. The van der Waals surface area contributed by atoms with Crippen LogP contribution in [0.1, 0.15) is 30.0 Å². The topological polar surface area (TPSA) is 66.0 Å². The number of rotatable bonds is 7. The standard InChI is InChI=1S/C28H29F7N4O2/c1-25(39-9-11-41-12-10-39)8-7-23(36-17-25)26(16-19-5-3-2-4-6-19,38-24(40)37-18-27(30,31)32)20-13-21(28(33,34)35)15-22(29)14-20/h2-7,13-15,17H,8-12,16,18H2,1H3,(H2,37,38,40). The maximum absolute atomic E-state index is 14.7. The van der Waals surface area contributed by atoms with E-state index < -0.39 is 47.4 Å². The number of carbonyl (C=O) groups excluding carboxylic acids is 1. The normalized spacial score (nSPS) is 21.6. The quantitative estimate of drug-likeness (QED) is 0.416. The van der Waals surface area contributed by atoms with Gasteiger partial charge < -0.3 is 15.4 Å². The number of benzene rings is 2. The van der Waals surface area contributed by atoms with Crippen molar-refractivity contribution in [3.63, 3.8) is 0 Å². The van der Waals surface area contributed by atoms with Gasteiger partial charge in [0, 0.05) is 25.7 Å². The summed E-state index contributed by atoms with van der Waals surface area (Å²) in [4.78, 5) is 19.6. The van der Waals surface area contributed by atoms with Crippen LogP contribution in [0, 0.1) is 5.82 Å². The minimum Gasteiger partial charge on any atom is -0.379 e. The van der Waals surface area contributed by atoms with Crippen molar-refractivity contribution in [2.45, 2.75) is 43.2 Å². The molecule has 0 radical (unpaired) electrons. The zero-order valence-electron chi connectivity index (χ0n) is 22.1. The lowest BCUT2D eigenvalue weighted by atomic mass is 9.78. The summed E-state index contributed by atoms with van der Waals surface area (Å²) < 4.78 is 100. The van der Waals surface area contributed by atoms with Crippen molar-refractivity contribution in [1.82, 2.24) is 15.5 Å². The number of morpholine rings is 1. The van der Waals surface area contributed by atoms with E-state index in [2.05, 4.69) is 15.2 Å². The number of hydrogen-bond acceptors (Lipinski definition) is 4. The van der Waals surface area contributed by atoms with Crippen molar-refractivity contribution in [2.24, 2.45) is 4.99 Å². The highest BCUT2D eigenvalue weighted by Crippen LogP contribution is 2.41. The highest BCUT2D eigenvalue weighted by atomic mass is 19.4. The Bertz CT molecular complexity index is 1290. The minimum atomic E-state index is -4.94. The summed E-state index contributed by atoms with van der Waals surface area (Å²) in [7, 11) is 0. The van der Waals surface area contributed by atoms with Gasteiger partial charge in [0.15, 0.2) is 0 Å². The number of aliphatic imine (C=N–C) groups is 1. The van der Waals surface area contributed by atoms with Gasteiger partial charge in [-0.1, -0.05) is 36.4 Å². The fraction of sp³-hybridized carbons (Fsp3) is 0.429. The fourth-order valence-corrected chi connectivity index (χ4v) is 5.03. The SMILES string of the molecule is CC1(N2CCOCC2)C=NC(C(Cc2ccccc2)(NC(=O)NCC(F)(F)F)c2cc(F)cc(C(F)(F)F)c2)=CC1. The summed E-state index contributed by atoms with van der Waals surface area (Å²) in [5, 5.41) is 4.16. The lowest BCUT2D eigenvalue weighted by Gasteiger charge is -2.44. The van der Waals surface area contributed by atoms with E-state index in [9.17, 15) is 35.5 Å². The number of hydrogen-bond donors (Lipinski definition) is 2. The summed E-state index contributed by atoms with van der Waals surface area (Å²) in [6.07, 6.45) is -6.37. The third kappa shape index (κ3) is 7.45. The Morgan fingerprint density at radius 3 is 2.27 bits per heavy atom. The van der Waals surface area contributed by atoms with E-state index in [4.69, 9.17) is 4.74 Å². The molecular weight excluding hydrogens is 557 g/mol. The number of nitrogens with zero attached hydrogens (tertiary/aromatic N) is 2. The van der Waals surface area contributed by atoms with Crippen LogP contribution in [0.15, 0.2) is 65.3 Å². The summed E-state index contributed by atoms with van der Waals surface area (Å²) in [5.41, 5.74) is -3.63. The Morgan fingerprint density at radius 1 is 1.02 bits per heavy atom. The van der Waals surface area contributed by atoms with Crippen LogP contribution in [0.2, 0.25) is 0 Å². The van der Waals surface area contributed by atoms with Crippen LogP contribution >= 0.6 is 0 Å². The van der Waals surface area contributed by atoms with Gasteiger partial charge >= 0.3 is 18.4 Å². The second kappa shape index (κ2) is 11.8. The maximum atomic E-state index is 14.7. The Balaban J connectivity index is 1.85. The van der Waals surface area contributed by atoms with Gasteiger partial charge in [-0.05, 0) is 42.7 Å². The van der Waals surface area contributed by atoms with Gasteiger partial charge in [0.1, 0.15) is 17.9 Å². The van der Waals surface area contributed by atoms with Gasteiger partial charge in [0.05, 0.1) is 30.0 Å². The average Bonchev–Trinajstić information content (AvgIpc) is 2.92. The van der Waals surface area contributed by atoms with Gasteiger partial charge in [-0.15, -0.1) is 0 Å². The highest BCUT2D eigenvalue weighted by Gasteiger charge is 2.44. The molecule has 2 aromatic rings. The monoisotopic (exact) mass is 586 g/mol. The largest absolute Gasteiger partial charge is 0.416 e. The first-order valence-electron chi connectivity index (χ1n) is 12.8. The molecule has 2 atom stereocenters. The van der Waals surface area contributed by atoms with Crippen LogP contribution in [0.5, 0.6) is 0 Å². The molecule has 2 aliphatic heterocycles. The molecule has 0 aliphatic carbocycles. The first-order chi connectivity index (χ1) is 19.2. The predicted octanol–water partition coefficient (Wildman–Crippen LogP) is 5.59. The Kier molecular flexibility index (Phi) is 8.78. The fourth-order valence-electron chi connectivity index (χ4n) is 5.03. The van der Waals surface area contributed by atoms with Gasteiger partial charge in [-0.2, -0.15) is 26.3 Å². The van der Waals surface area contributed by atoms with Gasteiger partial charge in [-0.25, -0.2) is 9.18 Å². The van der Waals surface area contributed by atoms with E-state index in [1.165, 1.54) is 0 Å². The van der Waals surface area contributed by atoms with Crippen molar-refractivity contribution in [2.75, 3.05) is 32.8 Å². The Morgan fingerprint density at radius 2 is 1.68 bits per heavy atom. The summed E-state index contributed by atoms with van der Waals surface area (Å²) in [5.74, 6) is -1.23. The molecule has 4 rings (SSSR count). The first kappa shape index (κ1) is 30.5. The van der Waals surface area contributed by atoms with E-state index in [0.29, 0.717) is 50.4 Å². The van der Waals surface area contributed by atoms with Crippen molar-refractivity contribution in [3.05, 3.63) is 82.8 Å². The molecule has 222 valence electrons. The van der Waals surface area contributed by atoms with Crippen LogP contribution in [0.4, 0.5) is 35.5 Å². The van der Waals surface area contributed by atoms with Crippen LogP contribution in [0.3, 0.4) is 0 Å². The molecular formula is C28H29F7N4O2. The van der Waals surface area contributed by atoms with Crippen LogP contribution in [-0.2, 0) is 22.9 Å². The van der Waals surface area contributed by atoms with Gasteiger partial charge in [0.2, 0.25) is 0 Å². The van der Waals surface area contributed by atoms with E-state index >= 15 is 0 Å². The minimum absolute atomic E-state index is 0.0629. The number of alkyl halides is 6. The van der Waals surface area contributed by atoms with E-state index in [-0.39, 0.29) is 17.7 Å². The zero-order chi connectivity index (χ0) is 29.9. The molecule has 13 heteroatoms. The van der Waals surface area contributed by atoms with Crippen LogP contribution in [0.25, 0.3) is 0 Å². The van der Waals surface area contributed by atoms with Crippen molar-refractivity contribution in [3.8, 4) is 0 Å². The summed E-state index contributed by atoms with van der Waals surface area (Å²) in [6.45, 7) is 2.45. The molecule has 1 saturated heterocycles. The Hall–Kier alpha value is -3.45. The molecule has 0 bridgehead atoms. The van der Waals surface area contributed by atoms with E-state index in [1.54, 1.807) is 47.9 Å². The van der Waals surface area contributed by atoms with Crippen LogP contribution < -0.4 is 10.6 Å². The molecule has 0 spiro atoms. The molecule has 2 N–H and O–H groups in total. The highest BCUT2D eigenvalue weighted by molar-refractivity contribution is 5.78. The molecule has 1 fully saturated rings. The molecule has 2 heterocycles. The lowest BCUT2D eigenvalue weighted by Crippen LogP contribution is -2.56. The number of urea groups is 1. The number of nitrogens with one attached hydrogen (secondary N) is 2. The summed E-state index contributed by atoms with van der Waals surface area (Å²) >= 11 is 0. The first-order valence-corrected chi connectivity index (χ1v) is 12.8. The molecule has 2 unspecified atom stereocenters. The van der Waals surface area contributed by atoms with Gasteiger partial charge in [-0.3, -0.25) is 9.89 Å². The molecule has 2 amide bonds. The molecule has 2 aromatic carbocycles. The third-order valence-corrected chi connectivity index (χ3v) is 7.17. The predicted molar refractivity (Wildman–Crippen MR) is 138 cm³/mol. The number of amides is 2. The molecule has 41 heavy (non-hydrogen) atoms. The number of ether oxygens (including phenoxy) is 1.